The molecule has 43 heavy (non-hydrogen) atoms. The van der Waals surface area contributed by atoms with E-state index in [1.54, 1.807) is 67.3 Å². The highest BCUT2D eigenvalue weighted by atomic mass is 32.1. The average molecular weight is 591 g/mol. The van der Waals surface area contributed by atoms with Crippen molar-refractivity contribution in [3.63, 3.8) is 0 Å². The van der Waals surface area contributed by atoms with Crippen LogP contribution in [0, 0.1) is 11.6 Å². The number of rotatable bonds is 5. The first kappa shape index (κ1) is 27.4. The largest absolute Gasteiger partial charge is 0.290 e. The van der Waals surface area contributed by atoms with Gasteiger partial charge in [-0.15, -0.1) is 16.4 Å². The van der Waals surface area contributed by atoms with Crippen LogP contribution in [0.3, 0.4) is 0 Å². The zero-order chi connectivity index (χ0) is 29.6. The molecule has 0 radical (unpaired) electrons. The molecular formula is C31H20F2N8OS. The Balaban J connectivity index is 0.000000162. The lowest BCUT2D eigenvalue weighted by Gasteiger charge is -2.06. The third-order valence-corrected chi connectivity index (χ3v) is 7.14. The molecule has 0 atom stereocenters. The summed E-state index contributed by atoms with van der Waals surface area (Å²) in [6, 6.07) is 22.9. The maximum atomic E-state index is 13.2. The molecule has 12 heteroatoms. The zero-order valence-corrected chi connectivity index (χ0v) is 23.0. The summed E-state index contributed by atoms with van der Waals surface area (Å²) in [7, 11) is 0. The number of carbonyl (C=O) groups excluding carboxylic acids is 1. The van der Waals surface area contributed by atoms with Crippen LogP contribution in [-0.2, 0) is 0 Å². The number of hydrogen-bond donors (Lipinski definition) is 1. The molecule has 0 saturated heterocycles. The molecule has 0 saturated carbocycles. The quantitative estimate of drug-likeness (QED) is 0.241. The van der Waals surface area contributed by atoms with Crippen molar-refractivity contribution in [3.05, 3.63) is 132 Å². The van der Waals surface area contributed by atoms with E-state index in [-0.39, 0.29) is 17.5 Å². The van der Waals surface area contributed by atoms with E-state index < -0.39 is 0 Å². The van der Waals surface area contributed by atoms with Crippen LogP contribution in [0.5, 0.6) is 0 Å². The highest BCUT2D eigenvalue weighted by Gasteiger charge is 2.22. The lowest BCUT2D eigenvalue weighted by Crippen LogP contribution is -2.13. The average Bonchev–Trinajstić information content (AvgIpc) is 3.84. The van der Waals surface area contributed by atoms with E-state index >= 15 is 0 Å². The number of H-pyrrole nitrogens is 1. The predicted octanol–water partition coefficient (Wildman–Crippen LogP) is 6.57. The van der Waals surface area contributed by atoms with Crippen LogP contribution in [0.2, 0.25) is 0 Å². The summed E-state index contributed by atoms with van der Waals surface area (Å²) in [5.74, 6) is -0.869. The number of carbonyl (C=O) groups is 1. The van der Waals surface area contributed by atoms with E-state index in [0.29, 0.717) is 27.5 Å². The summed E-state index contributed by atoms with van der Waals surface area (Å²) in [5, 5.41) is 20.9. The molecule has 7 rings (SSSR count). The molecule has 0 fully saturated rings. The van der Waals surface area contributed by atoms with E-state index in [4.69, 9.17) is 0 Å². The van der Waals surface area contributed by atoms with Crippen LogP contribution >= 0.6 is 11.3 Å². The smallest absolute Gasteiger partial charge is 0.266 e. The molecular weight excluding hydrogens is 570 g/mol. The van der Waals surface area contributed by atoms with Gasteiger partial charge in [0.05, 0.1) is 4.88 Å². The molecule has 0 aliphatic heterocycles. The van der Waals surface area contributed by atoms with Crippen molar-refractivity contribution in [2.75, 3.05) is 0 Å². The van der Waals surface area contributed by atoms with Crippen molar-refractivity contribution in [1.29, 1.82) is 0 Å². The van der Waals surface area contributed by atoms with E-state index in [9.17, 15) is 13.6 Å². The molecule has 0 spiro atoms. The minimum absolute atomic E-state index is 0.261. The van der Waals surface area contributed by atoms with Crippen molar-refractivity contribution in [3.8, 4) is 45.0 Å². The van der Waals surface area contributed by atoms with Gasteiger partial charge in [0.25, 0.3) is 5.91 Å². The molecule has 7 aromatic rings. The standard InChI is InChI=1S/C18H11FN4OS.C13H9FN4/c19-14-5-3-12(4-6-14)16-17(13-7-9-20-10-8-13)23(22-21-16)18(24)15-2-1-11-25-15;14-11-3-1-9(2-4-11)12-13(17-18-16-12)10-5-7-15-8-6-10/h1-11H;1-8H,(H,16,17,18). The number of benzene rings is 2. The fraction of sp³-hybridized carbons (Fsp3) is 0. The van der Waals surface area contributed by atoms with Gasteiger partial charge in [0.15, 0.2) is 0 Å². The van der Waals surface area contributed by atoms with Gasteiger partial charge in [0.1, 0.15) is 34.4 Å². The Kier molecular flexibility index (Phi) is 7.91. The number of pyridine rings is 2. The molecule has 0 unspecified atom stereocenters. The van der Waals surface area contributed by atoms with Crippen LogP contribution < -0.4 is 0 Å². The molecule has 0 bridgehead atoms. The van der Waals surface area contributed by atoms with Gasteiger partial charge in [-0.2, -0.15) is 20.1 Å². The monoisotopic (exact) mass is 590 g/mol. The van der Waals surface area contributed by atoms with E-state index in [1.165, 1.54) is 40.3 Å². The number of thiophene rings is 1. The van der Waals surface area contributed by atoms with Crippen LogP contribution in [0.1, 0.15) is 9.67 Å². The lowest BCUT2D eigenvalue weighted by molar-refractivity contribution is 0.0949. The molecule has 0 aliphatic rings. The summed E-state index contributed by atoms with van der Waals surface area (Å²) >= 11 is 1.34. The Bertz CT molecular complexity index is 1940. The lowest BCUT2D eigenvalue weighted by atomic mass is 10.1. The van der Waals surface area contributed by atoms with Gasteiger partial charge >= 0.3 is 0 Å². The first-order valence-electron chi connectivity index (χ1n) is 12.9. The Morgan fingerprint density at radius 1 is 0.651 bits per heavy atom. The van der Waals surface area contributed by atoms with Gasteiger partial charge in [-0.3, -0.25) is 14.8 Å². The number of halogens is 2. The Hall–Kier alpha value is -5.75. The van der Waals surface area contributed by atoms with Crippen LogP contribution in [0.4, 0.5) is 8.78 Å². The van der Waals surface area contributed by atoms with E-state index in [2.05, 4.69) is 35.7 Å². The van der Waals surface area contributed by atoms with Crippen LogP contribution in [-0.4, -0.2) is 46.3 Å². The van der Waals surface area contributed by atoms with Crippen LogP contribution in [0.25, 0.3) is 45.0 Å². The van der Waals surface area contributed by atoms with Crippen molar-refractivity contribution in [2.24, 2.45) is 0 Å². The third-order valence-electron chi connectivity index (χ3n) is 6.29. The first-order chi connectivity index (χ1) is 21.1. The third kappa shape index (κ3) is 5.99. The van der Waals surface area contributed by atoms with Crippen molar-refractivity contribution in [1.82, 2.24) is 40.4 Å². The Morgan fingerprint density at radius 2 is 1.16 bits per heavy atom. The van der Waals surface area contributed by atoms with Crippen LogP contribution in [0.15, 0.2) is 115 Å². The van der Waals surface area contributed by atoms with Crippen molar-refractivity contribution in [2.45, 2.75) is 0 Å². The molecule has 9 nitrogen and oxygen atoms in total. The van der Waals surface area contributed by atoms with E-state index in [0.717, 1.165) is 22.4 Å². The van der Waals surface area contributed by atoms with Gasteiger partial charge in [-0.1, -0.05) is 11.3 Å². The number of nitrogens with one attached hydrogen (secondary N) is 1. The van der Waals surface area contributed by atoms with Crippen molar-refractivity contribution >= 4 is 17.2 Å². The molecule has 1 N–H and O–H groups in total. The normalized spacial score (nSPS) is 10.7. The second-order valence-corrected chi connectivity index (χ2v) is 9.93. The fourth-order valence-electron chi connectivity index (χ4n) is 4.25. The first-order valence-corrected chi connectivity index (χ1v) is 13.7. The Labute approximate surface area is 247 Å². The topological polar surface area (TPSA) is 115 Å². The highest BCUT2D eigenvalue weighted by Crippen LogP contribution is 2.31. The molecule has 5 heterocycles. The Morgan fingerprint density at radius 3 is 1.70 bits per heavy atom. The summed E-state index contributed by atoms with van der Waals surface area (Å²) in [5.41, 5.74) is 5.64. The second kappa shape index (κ2) is 12.4. The molecule has 210 valence electrons. The van der Waals surface area contributed by atoms with Gasteiger partial charge in [0, 0.05) is 47.0 Å². The maximum Gasteiger partial charge on any atom is 0.290 e. The summed E-state index contributed by atoms with van der Waals surface area (Å²) in [6.07, 6.45) is 6.66. The highest BCUT2D eigenvalue weighted by molar-refractivity contribution is 7.12. The van der Waals surface area contributed by atoms with Gasteiger partial charge < -0.3 is 0 Å². The number of hydrogen-bond acceptors (Lipinski definition) is 8. The molecule has 2 aromatic carbocycles. The molecule has 0 amide bonds. The fourth-order valence-corrected chi connectivity index (χ4v) is 4.90. The van der Waals surface area contributed by atoms with E-state index in [1.807, 2.05) is 23.6 Å². The summed E-state index contributed by atoms with van der Waals surface area (Å²) in [6.45, 7) is 0. The molecule has 5 aromatic heterocycles. The maximum absolute atomic E-state index is 13.2. The number of aromatic amines is 1. The minimum atomic E-state index is -0.337. The zero-order valence-electron chi connectivity index (χ0n) is 22.2. The number of aromatic nitrogens is 8. The van der Waals surface area contributed by atoms with Gasteiger partial charge in [-0.05, 0) is 84.2 Å². The summed E-state index contributed by atoms with van der Waals surface area (Å²) < 4.78 is 27.4. The minimum Gasteiger partial charge on any atom is -0.266 e. The number of nitrogens with zero attached hydrogens (tertiary/aromatic N) is 7. The SMILES string of the molecule is Fc1ccc(-c2n[nH]nc2-c2ccncc2)cc1.O=C(c1cccs1)n1nnc(-c2ccc(F)cc2)c1-c1ccncc1. The molecule has 0 aliphatic carbocycles. The second-order valence-electron chi connectivity index (χ2n) is 8.99. The summed E-state index contributed by atoms with van der Waals surface area (Å²) in [4.78, 5) is 21.3. The van der Waals surface area contributed by atoms with Crippen molar-refractivity contribution < 1.29 is 13.6 Å². The van der Waals surface area contributed by atoms with Gasteiger partial charge in [-0.25, -0.2) is 8.78 Å². The van der Waals surface area contributed by atoms with Gasteiger partial charge in [0.2, 0.25) is 0 Å². The predicted molar refractivity (Wildman–Crippen MR) is 158 cm³/mol.